The molecule has 0 bridgehead atoms. The minimum atomic E-state index is 0.698. The predicted molar refractivity (Wildman–Crippen MR) is 73.4 cm³/mol. The number of hydrogen-bond donors (Lipinski definition) is 0. The van der Waals surface area contributed by atoms with Crippen LogP contribution in [0.15, 0.2) is 42.5 Å². The van der Waals surface area contributed by atoms with Crippen molar-refractivity contribution in [3.63, 3.8) is 0 Å². The number of rotatable bonds is 1. The average Bonchev–Trinajstić information content (AvgIpc) is 2.34. The molecule has 1 unspecified atom stereocenters. The van der Waals surface area contributed by atoms with E-state index in [0.717, 1.165) is 0 Å². The van der Waals surface area contributed by atoms with E-state index >= 15 is 0 Å². The van der Waals surface area contributed by atoms with Crippen LogP contribution < -0.4 is 0 Å². The van der Waals surface area contributed by atoms with E-state index in [1.165, 1.54) is 23.1 Å². The highest BCUT2D eigenvalue weighted by Gasteiger charge is 2.04. The second-order valence-corrected chi connectivity index (χ2v) is 4.10. The second-order valence-electron chi connectivity index (χ2n) is 4.10. The summed E-state index contributed by atoms with van der Waals surface area (Å²) in [7, 11) is 0. The lowest BCUT2D eigenvalue weighted by molar-refractivity contribution is 0.739. The molecule has 0 nitrogen and oxygen atoms in total. The zero-order chi connectivity index (χ0) is 12.0. The van der Waals surface area contributed by atoms with Gasteiger partial charge >= 0.3 is 0 Å². The molecule has 0 saturated heterocycles. The molecule has 1 aromatic carbocycles. The molecule has 1 aromatic rings. The highest BCUT2D eigenvalue weighted by molar-refractivity contribution is 5.74. The molecule has 86 valence electrons. The third-order valence-electron chi connectivity index (χ3n) is 2.70. The summed E-state index contributed by atoms with van der Waals surface area (Å²) in [6.45, 7) is 8.37. The van der Waals surface area contributed by atoms with Crippen LogP contribution in [0.5, 0.6) is 0 Å². The Bertz CT molecular complexity index is 366. The van der Waals surface area contributed by atoms with E-state index in [4.69, 9.17) is 0 Å². The minimum Gasteiger partial charge on any atom is -0.0808 e. The third-order valence-corrected chi connectivity index (χ3v) is 2.70. The van der Waals surface area contributed by atoms with Crippen LogP contribution in [0.3, 0.4) is 0 Å². The van der Waals surface area contributed by atoms with E-state index in [9.17, 15) is 0 Å². The fourth-order valence-corrected chi connectivity index (χ4v) is 1.69. The summed E-state index contributed by atoms with van der Waals surface area (Å²) in [5, 5.41) is 0. The van der Waals surface area contributed by atoms with Gasteiger partial charge in [0, 0.05) is 0 Å². The number of benzene rings is 1. The van der Waals surface area contributed by atoms with Gasteiger partial charge in [0.15, 0.2) is 0 Å². The van der Waals surface area contributed by atoms with E-state index < -0.39 is 0 Å². The minimum absolute atomic E-state index is 0.698. The Morgan fingerprint density at radius 3 is 2.19 bits per heavy atom. The first-order valence-electron chi connectivity index (χ1n) is 6.21. The van der Waals surface area contributed by atoms with Crippen molar-refractivity contribution in [2.45, 2.75) is 34.1 Å². The van der Waals surface area contributed by atoms with Crippen molar-refractivity contribution in [1.29, 1.82) is 0 Å². The first-order chi connectivity index (χ1) is 7.75. The van der Waals surface area contributed by atoms with Crippen LogP contribution in [0.4, 0.5) is 0 Å². The largest absolute Gasteiger partial charge is 0.0808 e. The first kappa shape index (κ1) is 12.8. The summed E-state index contributed by atoms with van der Waals surface area (Å²) in [6, 6.07) is 8.73. The van der Waals surface area contributed by atoms with E-state index in [1.54, 1.807) is 0 Å². The van der Waals surface area contributed by atoms with Gasteiger partial charge < -0.3 is 0 Å². The quantitative estimate of drug-likeness (QED) is 0.617. The molecule has 0 aliphatic heterocycles. The van der Waals surface area contributed by atoms with Crippen molar-refractivity contribution in [2.24, 2.45) is 5.92 Å². The maximum Gasteiger partial charge on any atom is -0.0187 e. The molecule has 0 saturated carbocycles. The smallest absolute Gasteiger partial charge is 0.0187 e. The molecule has 0 fully saturated rings. The molecule has 0 N–H and O–H groups in total. The maximum atomic E-state index is 2.33. The molecular formula is C16H22. The molecule has 1 aliphatic carbocycles. The van der Waals surface area contributed by atoms with Gasteiger partial charge in [-0.05, 0) is 30.4 Å². The summed E-state index contributed by atoms with van der Waals surface area (Å²) in [6.07, 6.45) is 8.02. The van der Waals surface area contributed by atoms with E-state index in [-0.39, 0.29) is 0 Å². The molecule has 0 aromatic heterocycles. The zero-order valence-electron chi connectivity index (χ0n) is 10.8. The van der Waals surface area contributed by atoms with Gasteiger partial charge in [-0.25, -0.2) is 0 Å². The highest BCUT2D eigenvalue weighted by atomic mass is 14.1. The maximum absolute atomic E-state index is 2.33. The van der Waals surface area contributed by atoms with Crippen LogP contribution in [0.25, 0.3) is 5.57 Å². The van der Waals surface area contributed by atoms with Gasteiger partial charge in [0.25, 0.3) is 0 Å². The summed E-state index contributed by atoms with van der Waals surface area (Å²) < 4.78 is 0. The van der Waals surface area contributed by atoms with Gasteiger partial charge in [-0.2, -0.15) is 0 Å². The van der Waals surface area contributed by atoms with Gasteiger partial charge in [0.1, 0.15) is 0 Å². The Balaban J connectivity index is 0.000000606. The lowest BCUT2D eigenvalue weighted by atomic mass is 9.94. The molecule has 1 atom stereocenters. The Hall–Kier alpha value is -1.30. The summed E-state index contributed by atoms with van der Waals surface area (Å²) in [5.74, 6) is 0.698. The topological polar surface area (TPSA) is 0 Å². The van der Waals surface area contributed by atoms with Crippen LogP contribution in [0.1, 0.15) is 38.3 Å². The Morgan fingerprint density at radius 2 is 1.69 bits per heavy atom. The SMILES string of the molecule is CC.Cc1ccc(C2=CCC(C)C=C2)cc1. The van der Waals surface area contributed by atoms with Gasteiger partial charge in [-0.15, -0.1) is 0 Å². The molecule has 0 heteroatoms. The number of hydrogen-bond acceptors (Lipinski definition) is 0. The van der Waals surface area contributed by atoms with E-state index in [0.29, 0.717) is 5.92 Å². The Labute approximate surface area is 99.7 Å². The molecule has 16 heavy (non-hydrogen) atoms. The molecule has 0 heterocycles. The second kappa shape index (κ2) is 6.32. The van der Waals surface area contributed by atoms with Crippen molar-refractivity contribution >= 4 is 5.57 Å². The van der Waals surface area contributed by atoms with Crippen LogP contribution in [-0.4, -0.2) is 0 Å². The van der Waals surface area contributed by atoms with Crippen LogP contribution in [0.2, 0.25) is 0 Å². The summed E-state index contributed by atoms with van der Waals surface area (Å²) in [5.41, 5.74) is 4.02. The summed E-state index contributed by atoms with van der Waals surface area (Å²) >= 11 is 0. The van der Waals surface area contributed by atoms with Crippen molar-refractivity contribution in [1.82, 2.24) is 0 Å². The lowest BCUT2D eigenvalue weighted by Gasteiger charge is -2.11. The third kappa shape index (κ3) is 3.37. The molecule has 2 rings (SSSR count). The predicted octanol–water partition coefficient (Wildman–Crippen LogP) is 5.00. The molecule has 0 radical (unpaired) electrons. The first-order valence-corrected chi connectivity index (χ1v) is 6.21. The van der Waals surface area contributed by atoms with Crippen LogP contribution in [-0.2, 0) is 0 Å². The van der Waals surface area contributed by atoms with Crippen LogP contribution in [0, 0.1) is 12.8 Å². The monoisotopic (exact) mass is 214 g/mol. The van der Waals surface area contributed by atoms with Crippen molar-refractivity contribution in [3.05, 3.63) is 53.6 Å². The molecular weight excluding hydrogens is 192 g/mol. The Morgan fingerprint density at radius 1 is 1.06 bits per heavy atom. The number of aryl methyl sites for hydroxylation is 1. The van der Waals surface area contributed by atoms with Gasteiger partial charge in [-0.1, -0.05) is 68.8 Å². The normalized spacial score (nSPS) is 18.5. The van der Waals surface area contributed by atoms with Crippen molar-refractivity contribution in [2.75, 3.05) is 0 Å². The highest BCUT2D eigenvalue weighted by Crippen LogP contribution is 2.23. The van der Waals surface area contributed by atoms with E-state index in [1.807, 2.05) is 13.8 Å². The molecule has 0 amide bonds. The van der Waals surface area contributed by atoms with Crippen molar-refractivity contribution < 1.29 is 0 Å². The van der Waals surface area contributed by atoms with Gasteiger partial charge in [0.2, 0.25) is 0 Å². The fraction of sp³-hybridized carbons (Fsp3) is 0.375. The number of allylic oxidation sites excluding steroid dienone is 4. The van der Waals surface area contributed by atoms with Gasteiger partial charge in [-0.3, -0.25) is 0 Å². The zero-order valence-corrected chi connectivity index (χ0v) is 10.8. The molecule has 0 spiro atoms. The average molecular weight is 214 g/mol. The van der Waals surface area contributed by atoms with Crippen molar-refractivity contribution in [3.8, 4) is 0 Å². The Kier molecular flexibility index (Phi) is 5.04. The van der Waals surface area contributed by atoms with Gasteiger partial charge in [0.05, 0.1) is 0 Å². The fourth-order valence-electron chi connectivity index (χ4n) is 1.69. The summed E-state index contributed by atoms with van der Waals surface area (Å²) in [4.78, 5) is 0. The van der Waals surface area contributed by atoms with E-state index in [2.05, 4.69) is 56.3 Å². The van der Waals surface area contributed by atoms with Crippen LogP contribution >= 0.6 is 0 Å². The lowest BCUT2D eigenvalue weighted by Crippen LogP contribution is -1.94. The molecule has 1 aliphatic rings. The standard InChI is InChI=1S/C14H16.C2H6/c1-11-3-7-13(8-4-11)14-9-5-12(2)6-10-14;1-2/h3-5,7-10,12H,6H2,1-2H3;1-2H3.